The number of aliphatic carboxylic acids is 2. The Hall–Kier alpha value is -1.50. The predicted molar refractivity (Wildman–Crippen MR) is 105 cm³/mol. The fourth-order valence-electron chi connectivity index (χ4n) is 3.96. The minimum atomic E-state index is -1.64. The van der Waals surface area contributed by atoms with Crippen LogP contribution in [0.1, 0.15) is 12.8 Å². The van der Waals surface area contributed by atoms with Gasteiger partial charge in [-0.25, -0.2) is 4.79 Å². The van der Waals surface area contributed by atoms with Gasteiger partial charge in [-0.1, -0.05) is 11.8 Å². The fraction of sp³-hybridized carbons (Fsp3) is 0.667. The van der Waals surface area contributed by atoms with Gasteiger partial charge in [0.05, 0.1) is 12.0 Å². The van der Waals surface area contributed by atoms with Gasteiger partial charge in [0.25, 0.3) is 0 Å². The van der Waals surface area contributed by atoms with Gasteiger partial charge in [0, 0.05) is 11.2 Å². The second-order valence-corrected chi connectivity index (χ2v) is 8.99. The molecule has 2 saturated carbocycles. The molecule has 2 aliphatic carbocycles. The van der Waals surface area contributed by atoms with Crippen LogP contribution in [0.4, 0.5) is 0 Å². The minimum absolute atomic E-state index is 0. The lowest BCUT2D eigenvalue weighted by molar-refractivity contribution is -0.150. The first-order valence-electron chi connectivity index (χ1n) is 8.37. The van der Waals surface area contributed by atoms with Gasteiger partial charge >= 0.3 is 11.9 Å². The number of thioether (sulfide) groups is 2. The summed E-state index contributed by atoms with van der Waals surface area (Å²) in [6.45, 7) is 0. The number of hydrogen-bond acceptors (Lipinski definition) is 8. The summed E-state index contributed by atoms with van der Waals surface area (Å²) >= 11 is 2.79. The minimum Gasteiger partial charge on any atom is -0.481 e. The molecular weight excluding hydrogens is 430 g/mol. The van der Waals surface area contributed by atoms with Gasteiger partial charge in [-0.3, -0.25) is 9.59 Å². The maximum absolute atomic E-state index is 12.5. The summed E-state index contributed by atoms with van der Waals surface area (Å²) in [4.78, 5) is 39.1. The molecule has 2 fully saturated rings. The highest BCUT2D eigenvalue weighted by Gasteiger charge is 2.75. The Balaban J connectivity index is 0.00000280. The third-order valence-corrected chi connectivity index (χ3v) is 7.09. The van der Waals surface area contributed by atoms with Crippen molar-refractivity contribution in [2.24, 2.45) is 23.5 Å². The number of hydrogen-bond donors (Lipinski definition) is 5. The lowest BCUT2D eigenvalue weighted by Crippen LogP contribution is -2.59. The van der Waals surface area contributed by atoms with Crippen molar-refractivity contribution >= 4 is 53.8 Å². The summed E-state index contributed by atoms with van der Waals surface area (Å²) < 4.78 is 0. The van der Waals surface area contributed by atoms with E-state index < -0.39 is 41.3 Å². The molecule has 6 N–H and O–H groups in total. The molecule has 0 radical (unpaired) electrons. The van der Waals surface area contributed by atoms with Crippen molar-refractivity contribution < 1.29 is 24.6 Å². The zero-order valence-corrected chi connectivity index (χ0v) is 17.4. The van der Waals surface area contributed by atoms with Crippen LogP contribution in [0.2, 0.25) is 0 Å². The molecule has 0 unspecified atom stereocenters. The van der Waals surface area contributed by atoms with Crippen LogP contribution in [0.15, 0.2) is 11.5 Å². The Morgan fingerprint density at radius 1 is 1.46 bits per heavy atom. The molecule has 2 aliphatic rings. The Bertz CT molecular complexity index is 738. The number of carboxylic acid groups (broad SMARTS) is 2. The van der Waals surface area contributed by atoms with Crippen molar-refractivity contribution in [2.75, 3.05) is 12.0 Å². The molecule has 0 bridgehead atoms. The summed E-state index contributed by atoms with van der Waals surface area (Å²) in [5.41, 5.74) is 4.24. The van der Waals surface area contributed by atoms with Gasteiger partial charge < -0.3 is 26.2 Å². The van der Waals surface area contributed by atoms with E-state index in [1.54, 1.807) is 0 Å². The van der Waals surface area contributed by atoms with Gasteiger partial charge in [0.1, 0.15) is 11.9 Å². The van der Waals surface area contributed by atoms with E-state index in [1.807, 2.05) is 6.26 Å². The van der Waals surface area contributed by atoms with Crippen molar-refractivity contribution in [2.45, 2.75) is 34.8 Å². The first-order chi connectivity index (χ1) is 12.8. The highest BCUT2D eigenvalue weighted by molar-refractivity contribution is 7.99. The number of carboxylic acids is 2. The van der Waals surface area contributed by atoms with Gasteiger partial charge in [-0.05, 0) is 30.8 Å². The van der Waals surface area contributed by atoms with Crippen molar-refractivity contribution in [3.8, 4) is 0 Å². The van der Waals surface area contributed by atoms with Crippen LogP contribution in [0.25, 0.3) is 0 Å². The van der Waals surface area contributed by atoms with Crippen LogP contribution < -0.4 is 11.1 Å². The average Bonchev–Trinajstić information content (AvgIpc) is 3.02. The molecule has 6 atom stereocenters. The molecule has 0 saturated heterocycles. The quantitative estimate of drug-likeness (QED) is 0.345. The van der Waals surface area contributed by atoms with Crippen molar-refractivity contribution in [3.63, 3.8) is 0 Å². The summed E-state index contributed by atoms with van der Waals surface area (Å²) in [5, 5.41) is 29.7. The summed E-state index contributed by atoms with van der Waals surface area (Å²) in [5.74, 6) is -4.04. The number of nitrogens with one attached hydrogen (secondary N) is 2. The third-order valence-electron chi connectivity index (χ3n) is 5.24. The number of H-pyrrole nitrogens is 1. The number of amides is 1. The van der Waals surface area contributed by atoms with Gasteiger partial charge in [-0.15, -0.1) is 22.6 Å². The average molecular weight is 452 g/mol. The Kier molecular flexibility index (Phi) is 7.23. The molecule has 0 spiro atoms. The van der Waals surface area contributed by atoms with Crippen molar-refractivity contribution in [3.05, 3.63) is 6.33 Å². The first kappa shape index (κ1) is 22.8. The zero-order chi connectivity index (χ0) is 19.8. The second kappa shape index (κ2) is 8.89. The van der Waals surface area contributed by atoms with Gasteiger partial charge in [0.15, 0.2) is 5.16 Å². The fourth-order valence-corrected chi connectivity index (χ4v) is 5.79. The van der Waals surface area contributed by atoms with E-state index in [9.17, 15) is 24.6 Å². The smallest absolute Gasteiger partial charge is 0.329 e. The molecule has 3 rings (SSSR count). The number of rotatable bonds is 9. The lowest BCUT2D eigenvalue weighted by atomic mass is 9.89. The number of nitrogens with zero attached hydrogens (tertiary/aromatic N) is 2. The largest absolute Gasteiger partial charge is 0.481 e. The van der Waals surface area contributed by atoms with Crippen molar-refractivity contribution in [1.82, 2.24) is 20.5 Å². The second-order valence-electron chi connectivity index (χ2n) is 6.78. The number of nitrogens with two attached hydrogens (primary N) is 1. The molecule has 1 aromatic rings. The van der Waals surface area contributed by atoms with E-state index in [1.165, 1.54) is 29.9 Å². The van der Waals surface area contributed by atoms with Crippen LogP contribution in [-0.2, 0) is 14.4 Å². The molecule has 0 aromatic carbocycles. The van der Waals surface area contributed by atoms with Crippen LogP contribution in [0.3, 0.4) is 0 Å². The SMILES string of the molecule is CSCC[C@H](N)C(=O)N[C@@]1(C(=O)O)C[C@H](Sc2nnc[nH]2)[C@H]2[C@H](C(=O)O)[C@H]21.Cl. The Morgan fingerprint density at radius 3 is 2.71 bits per heavy atom. The molecule has 1 heterocycles. The Labute approximate surface area is 175 Å². The van der Waals surface area contributed by atoms with E-state index in [2.05, 4.69) is 20.5 Å². The number of aromatic nitrogens is 3. The number of carbonyl (C=O) groups is 3. The molecule has 0 aliphatic heterocycles. The number of fused-ring (bicyclic) bond motifs is 1. The third kappa shape index (κ3) is 4.09. The van der Waals surface area contributed by atoms with E-state index >= 15 is 0 Å². The molecule has 10 nitrogen and oxygen atoms in total. The van der Waals surface area contributed by atoms with E-state index in [0.29, 0.717) is 17.3 Å². The van der Waals surface area contributed by atoms with Crippen LogP contribution in [0.5, 0.6) is 0 Å². The molecule has 156 valence electrons. The monoisotopic (exact) mass is 451 g/mol. The van der Waals surface area contributed by atoms with E-state index in [0.717, 1.165) is 0 Å². The van der Waals surface area contributed by atoms with Crippen LogP contribution >= 0.6 is 35.9 Å². The molecular formula is C15H22ClN5O5S2. The zero-order valence-electron chi connectivity index (χ0n) is 14.9. The van der Waals surface area contributed by atoms with Gasteiger partial charge in [0.2, 0.25) is 5.91 Å². The number of halogens is 1. The number of aromatic amines is 1. The first-order valence-corrected chi connectivity index (χ1v) is 10.6. The maximum atomic E-state index is 12.5. The normalized spacial score (nSPS) is 31.4. The molecule has 1 aromatic heterocycles. The number of carbonyl (C=O) groups excluding carboxylic acids is 1. The molecule has 13 heteroatoms. The Morgan fingerprint density at radius 2 is 2.18 bits per heavy atom. The highest BCUT2D eigenvalue weighted by atomic mass is 35.5. The molecule has 28 heavy (non-hydrogen) atoms. The lowest BCUT2D eigenvalue weighted by Gasteiger charge is -2.31. The summed E-state index contributed by atoms with van der Waals surface area (Å²) in [6, 6.07) is -0.838. The van der Waals surface area contributed by atoms with E-state index in [-0.39, 0.29) is 30.0 Å². The summed E-state index contributed by atoms with van der Waals surface area (Å²) in [6.07, 6.45) is 3.80. The molecule has 1 amide bonds. The van der Waals surface area contributed by atoms with Crippen molar-refractivity contribution in [1.29, 1.82) is 0 Å². The van der Waals surface area contributed by atoms with E-state index in [4.69, 9.17) is 5.73 Å². The maximum Gasteiger partial charge on any atom is 0.329 e. The van der Waals surface area contributed by atoms with Crippen LogP contribution in [0, 0.1) is 17.8 Å². The topological polar surface area (TPSA) is 171 Å². The standard InChI is InChI=1S/C15H21N5O5S2.ClH/c1-26-3-2-6(16)11(21)19-15(13(24)25)4-7(27-14-17-5-18-20-14)8-9(10(8)15)12(22)23;/h5-10H,2-4,16H2,1H3,(H,19,21)(H,22,23)(H,24,25)(H,17,18,20);1H/t6-,7-,8-,9-,10-,15-;/m0./s1. The highest BCUT2D eigenvalue weighted by Crippen LogP contribution is 2.65. The predicted octanol–water partition coefficient (Wildman–Crippen LogP) is 0.0577. The summed E-state index contributed by atoms with van der Waals surface area (Å²) in [7, 11) is 0. The van der Waals surface area contributed by atoms with Gasteiger partial charge in [-0.2, -0.15) is 11.8 Å². The van der Waals surface area contributed by atoms with Crippen LogP contribution in [-0.4, -0.2) is 72.1 Å².